The fourth-order valence-corrected chi connectivity index (χ4v) is 5.54. The van der Waals surface area contributed by atoms with Crippen molar-refractivity contribution in [3.8, 4) is 23.0 Å². The van der Waals surface area contributed by atoms with Gasteiger partial charge in [0.1, 0.15) is 26.4 Å². The molecule has 10 nitrogen and oxygen atoms in total. The smallest absolute Gasteiger partial charge is 0.161 e. The van der Waals surface area contributed by atoms with Gasteiger partial charge in [-0.25, -0.2) is 0 Å². The molecule has 0 unspecified atom stereocenters. The quantitative estimate of drug-likeness (QED) is 0.0787. The minimum atomic E-state index is 0.310. The lowest BCUT2D eigenvalue weighted by Crippen LogP contribution is -2.16. The van der Waals surface area contributed by atoms with E-state index in [4.69, 9.17) is 28.4 Å². The molecule has 0 fully saturated rings. The second kappa shape index (κ2) is 24.6. The van der Waals surface area contributed by atoms with Crippen molar-refractivity contribution in [2.75, 3.05) is 52.9 Å². The van der Waals surface area contributed by atoms with Crippen molar-refractivity contribution in [3.63, 3.8) is 0 Å². The van der Waals surface area contributed by atoms with Gasteiger partial charge in [-0.3, -0.25) is 0 Å². The van der Waals surface area contributed by atoms with Crippen LogP contribution in [-0.4, -0.2) is 74.7 Å². The summed E-state index contributed by atoms with van der Waals surface area (Å²) in [5.41, 5.74) is 2.89. The van der Waals surface area contributed by atoms with Crippen LogP contribution in [0.15, 0.2) is 46.7 Å². The van der Waals surface area contributed by atoms with Crippen LogP contribution in [0.25, 0.3) is 0 Å². The van der Waals surface area contributed by atoms with Crippen LogP contribution < -0.4 is 18.9 Å². The minimum absolute atomic E-state index is 0.310. The second-order valence-electron chi connectivity index (χ2n) is 12.1. The lowest BCUT2D eigenvalue weighted by atomic mass is 10.0. The summed E-state index contributed by atoms with van der Waals surface area (Å²) in [6.07, 6.45) is 15.4. The summed E-state index contributed by atoms with van der Waals surface area (Å²) in [6.45, 7) is 7.11. The maximum Gasteiger partial charge on any atom is 0.161 e. The number of ether oxygens (including phenoxy) is 6. The summed E-state index contributed by atoms with van der Waals surface area (Å²) in [7, 11) is 0. The zero-order chi connectivity index (χ0) is 34.1. The predicted molar refractivity (Wildman–Crippen MR) is 189 cm³/mol. The second-order valence-corrected chi connectivity index (χ2v) is 12.1. The number of benzene rings is 2. The van der Waals surface area contributed by atoms with E-state index in [1.807, 2.05) is 36.4 Å². The van der Waals surface area contributed by atoms with Crippen molar-refractivity contribution in [3.05, 3.63) is 47.5 Å². The average molecular weight is 671 g/mol. The van der Waals surface area contributed by atoms with Gasteiger partial charge in [0.2, 0.25) is 0 Å². The van der Waals surface area contributed by atoms with Gasteiger partial charge in [0, 0.05) is 11.1 Å². The normalized spacial score (nSPS) is 15.5. The average Bonchev–Trinajstić information content (AvgIpc) is 3.10. The summed E-state index contributed by atoms with van der Waals surface area (Å²) < 4.78 is 35.8. The van der Waals surface area contributed by atoms with Crippen LogP contribution in [0, 0.1) is 0 Å². The molecule has 2 aromatic rings. The van der Waals surface area contributed by atoms with Crippen LogP contribution in [0.1, 0.15) is 115 Å². The van der Waals surface area contributed by atoms with Gasteiger partial charge >= 0.3 is 0 Å². The molecule has 2 N–H and O–H groups in total. The molecule has 0 bridgehead atoms. The highest BCUT2D eigenvalue weighted by Gasteiger charge is 2.14. The molecule has 0 atom stereocenters. The first kappa shape index (κ1) is 38.9. The summed E-state index contributed by atoms with van der Waals surface area (Å²) in [5, 5.41) is 26.7. The van der Waals surface area contributed by atoms with Crippen LogP contribution in [0.2, 0.25) is 0 Å². The molecule has 1 aliphatic heterocycles. The number of nitrogens with zero attached hydrogens (tertiary/aromatic N) is 2. The summed E-state index contributed by atoms with van der Waals surface area (Å²) >= 11 is 0. The Bertz CT molecular complexity index is 1130. The first-order chi connectivity index (χ1) is 23.7. The number of hydrogen-bond acceptors (Lipinski definition) is 10. The van der Waals surface area contributed by atoms with Crippen LogP contribution in [0.3, 0.4) is 0 Å². The van der Waals surface area contributed by atoms with Crippen molar-refractivity contribution in [1.29, 1.82) is 0 Å². The number of rotatable bonds is 16. The fraction of sp³-hybridized carbons (Fsp3) is 0.632. The molecule has 2 aromatic carbocycles. The molecule has 0 amide bonds. The highest BCUT2D eigenvalue weighted by Crippen LogP contribution is 2.31. The molecule has 1 aliphatic rings. The zero-order valence-corrected chi connectivity index (χ0v) is 29.3. The lowest BCUT2D eigenvalue weighted by molar-refractivity contribution is 0.0640. The molecule has 0 aromatic heterocycles. The first-order valence-electron chi connectivity index (χ1n) is 18.1. The molecule has 0 spiro atoms. The number of oxime groups is 2. The number of unbranched alkanes of at least 4 members (excludes halogenated alkanes) is 10. The summed E-state index contributed by atoms with van der Waals surface area (Å²) in [4.78, 5) is 0. The van der Waals surface area contributed by atoms with E-state index < -0.39 is 0 Å². The van der Waals surface area contributed by atoms with E-state index in [2.05, 4.69) is 24.2 Å². The molecule has 10 heteroatoms. The van der Waals surface area contributed by atoms with Crippen LogP contribution in [0.5, 0.6) is 23.0 Å². The third-order valence-corrected chi connectivity index (χ3v) is 8.27. The van der Waals surface area contributed by atoms with Gasteiger partial charge < -0.3 is 38.8 Å². The topological polar surface area (TPSA) is 121 Å². The monoisotopic (exact) mass is 670 g/mol. The van der Waals surface area contributed by atoms with Gasteiger partial charge in [-0.15, -0.1) is 0 Å². The molecule has 1 heterocycles. The molecular formula is C38H58N2O8. The Morgan fingerprint density at radius 2 is 0.833 bits per heavy atom. The summed E-state index contributed by atoms with van der Waals surface area (Å²) in [6, 6.07) is 11.2. The predicted octanol–water partition coefficient (Wildman–Crippen LogP) is 8.81. The molecule has 268 valence electrons. The van der Waals surface area contributed by atoms with Gasteiger partial charge in [0.05, 0.1) is 37.9 Å². The van der Waals surface area contributed by atoms with Gasteiger partial charge in [0.25, 0.3) is 0 Å². The van der Waals surface area contributed by atoms with E-state index in [-0.39, 0.29) is 0 Å². The zero-order valence-electron chi connectivity index (χ0n) is 29.3. The van der Waals surface area contributed by atoms with Gasteiger partial charge in [0.15, 0.2) is 23.0 Å². The molecule has 0 saturated carbocycles. The Morgan fingerprint density at radius 3 is 1.21 bits per heavy atom. The maximum absolute atomic E-state index is 9.74. The van der Waals surface area contributed by atoms with Crippen molar-refractivity contribution >= 4 is 11.4 Å². The standard InChI is InChI=1S/C38H58N2O8/c1-3-5-7-9-11-13-15-33(39-41)31-17-19-35-37(29-31)47-27-23-43-22-26-46-36-20-18-32(30-38(36)48-28-24-44-21-25-45-35)34(40-42)16-14-12-10-8-6-4-2/h17-20,29-30,41-42H,3-16,21-28H2,1-2H3/b39-33+,40-34+. The van der Waals surface area contributed by atoms with Gasteiger partial charge in [-0.2, -0.15) is 0 Å². The molecule has 0 radical (unpaired) electrons. The van der Waals surface area contributed by atoms with Crippen molar-refractivity contribution in [2.24, 2.45) is 10.3 Å². The molecule has 0 aliphatic carbocycles. The SMILES string of the molecule is CCCCCCCC/C(=N\O)c1ccc2c(c1)OCCOCCOc1ccc(/C(CCCCCCCC)=N/O)cc1OCCOCCO2. The Labute approximate surface area is 287 Å². The van der Waals surface area contributed by atoms with Crippen molar-refractivity contribution in [2.45, 2.75) is 104 Å². The van der Waals surface area contributed by atoms with E-state index in [9.17, 15) is 10.4 Å². The Morgan fingerprint density at radius 1 is 0.479 bits per heavy atom. The van der Waals surface area contributed by atoms with Gasteiger partial charge in [-0.1, -0.05) is 88.4 Å². The number of fused-ring (bicyclic) bond motifs is 2. The van der Waals surface area contributed by atoms with E-state index in [1.165, 1.54) is 51.4 Å². The fourth-order valence-electron chi connectivity index (χ4n) is 5.54. The third-order valence-electron chi connectivity index (χ3n) is 8.27. The molecule has 48 heavy (non-hydrogen) atoms. The molecule has 3 rings (SSSR count). The third kappa shape index (κ3) is 14.7. The van der Waals surface area contributed by atoms with E-state index >= 15 is 0 Å². The van der Waals surface area contributed by atoms with E-state index in [0.29, 0.717) is 100 Å². The molecular weight excluding hydrogens is 612 g/mol. The van der Waals surface area contributed by atoms with Crippen molar-refractivity contribution < 1.29 is 38.8 Å². The Balaban J connectivity index is 1.57. The van der Waals surface area contributed by atoms with Gasteiger partial charge in [-0.05, 0) is 62.1 Å². The van der Waals surface area contributed by atoms with Crippen LogP contribution in [0.4, 0.5) is 0 Å². The highest BCUT2D eigenvalue weighted by atomic mass is 16.6. The lowest BCUT2D eigenvalue weighted by Gasteiger charge is -2.17. The van der Waals surface area contributed by atoms with E-state index in [1.54, 1.807) is 0 Å². The largest absolute Gasteiger partial charge is 0.487 e. The Kier molecular flexibility index (Phi) is 20.0. The van der Waals surface area contributed by atoms with Crippen LogP contribution in [-0.2, 0) is 9.47 Å². The Hall–Kier alpha value is -3.50. The van der Waals surface area contributed by atoms with E-state index in [0.717, 1.165) is 36.8 Å². The first-order valence-corrected chi connectivity index (χ1v) is 18.1. The number of hydrogen-bond donors (Lipinski definition) is 2. The maximum atomic E-state index is 9.74. The summed E-state index contributed by atoms with van der Waals surface area (Å²) in [5.74, 6) is 2.30. The van der Waals surface area contributed by atoms with Crippen LogP contribution >= 0.6 is 0 Å². The molecule has 0 saturated heterocycles. The minimum Gasteiger partial charge on any atom is -0.487 e. The highest BCUT2D eigenvalue weighted by molar-refractivity contribution is 6.01. The van der Waals surface area contributed by atoms with Crippen molar-refractivity contribution in [1.82, 2.24) is 0 Å².